The molecule has 2 aliphatic rings. The van der Waals surface area contributed by atoms with Gasteiger partial charge in [-0.2, -0.15) is 0 Å². The van der Waals surface area contributed by atoms with Crippen LogP contribution in [0.5, 0.6) is 5.75 Å². The third-order valence-electron chi connectivity index (χ3n) is 5.63. The molecule has 0 fully saturated rings. The average Bonchev–Trinajstić information content (AvgIpc) is 2.91. The van der Waals surface area contributed by atoms with Gasteiger partial charge in [-0.25, -0.2) is 0 Å². The Hall–Kier alpha value is -2.20. The van der Waals surface area contributed by atoms with E-state index in [1.807, 2.05) is 26.1 Å². The highest BCUT2D eigenvalue weighted by atomic mass is 16.5. The second-order valence-corrected chi connectivity index (χ2v) is 8.74. The summed E-state index contributed by atoms with van der Waals surface area (Å²) in [6.07, 6.45) is 22.3. The van der Waals surface area contributed by atoms with Gasteiger partial charge in [0.1, 0.15) is 11.5 Å². The van der Waals surface area contributed by atoms with E-state index in [1.165, 1.54) is 56.9 Å². The Morgan fingerprint density at radius 3 is 2.06 bits per heavy atom. The normalized spacial score (nSPS) is 17.7. The molecule has 2 unspecified atom stereocenters. The van der Waals surface area contributed by atoms with Gasteiger partial charge in [0.15, 0.2) is 0 Å². The Balaban J connectivity index is 0.000000797. The van der Waals surface area contributed by atoms with Crippen molar-refractivity contribution in [1.82, 2.24) is 5.32 Å². The van der Waals surface area contributed by atoms with E-state index in [-0.39, 0.29) is 6.04 Å². The number of unbranched alkanes of at least 4 members (excludes halogenated alkanes) is 5. The number of hydrogen-bond donors (Lipinski definition) is 1. The van der Waals surface area contributed by atoms with E-state index in [9.17, 15) is 0 Å². The van der Waals surface area contributed by atoms with Crippen molar-refractivity contribution in [3.05, 3.63) is 66.1 Å². The molecule has 0 amide bonds. The molecule has 4 nitrogen and oxygen atoms in total. The summed E-state index contributed by atoms with van der Waals surface area (Å²) in [7, 11) is 4.92. The molecule has 1 aliphatic carbocycles. The van der Waals surface area contributed by atoms with Gasteiger partial charge in [0.2, 0.25) is 0 Å². The standard InChI is InChI=1S/C20H29NO2.C7H12.C2H6O.C2H6/c1-3-4-5-6-7-8-15-23-18-11-9-17(10-12-18)20-14-13-19(22-2)16-21-20;1-7-5-3-2-4-6-7;1-3-2;1-2/h9-14,16,20-21H,3-8,15H2,1-2H3;2-3,7H,4-6H2,1H3;1-2H3;1-2H3. The van der Waals surface area contributed by atoms with Crippen LogP contribution in [-0.4, -0.2) is 27.9 Å². The van der Waals surface area contributed by atoms with Crippen LogP contribution in [0, 0.1) is 5.92 Å². The summed E-state index contributed by atoms with van der Waals surface area (Å²) in [4.78, 5) is 0. The zero-order chi connectivity index (χ0) is 26.2. The maximum atomic E-state index is 5.82. The summed E-state index contributed by atoms with van der Waals surface area (Å²) in [5.74, 6) is 2.75. The van der Waals surface area contributed by atoms with Crippen molar-refractivity contribution in [2.75, 3.05) is 27.9 Å². The van der Waals surface area contributed by atoms with Gasteiger partial charge in [-0.1, -0.05) is 90.2 Å². The lowest BCUT2D eigenvalue weighted by molar-refractivity contribution is 0.277. The smallest absolute Gasteiger partial charge is 0.134 e. The topological polar surface area (TPSA) is 39.7 Å². The Labute approximate surface area is 216 Å². The van der Waals surface area contributed by atoms with Crippen molar-refractivity contribution < 1.29 is 14.2 Å². The van der Waals surface area contributed by atoms with Gasteiger partial charge in [0.05, 0.1) is 19.8 Å². The highest BCUT2D eigenvalue weighted by Crippen LogP contribution is 2.22. The van der Waals surface area contributed by atoms with Crippen LogP contribution in [0.15, 0.2) is 60.5 Å². The second-order valence-electron chi connectivity index (χ2n) is 8.74. The van der Waals surface area contributed by atoms with Crippen LogP contribution in [0.2, 0.25) is 0 Å². The van der Waals surface area contributed by atoms with Crippen LogP contribution >= 0.6 is 0 Å². The zero-order valence-corrected chi connectivity index (χ0v) is 23.6. The molecule has 0 aromatic heterocycles. The Morgan fingerprint density at radius 1 is 0.914 bits per heavy atom. The van der Waals surface area contributed by atoms with Crippen LogP contribution in [0.1, 0.15) is 97.1 Å². The van der Waals surface area contributed by atoms with E-state index in [4.69, 9.17) is 9.47 Å². The van der Waals surface area contributed by atoms with Gasteiger partial charge in [-0.05, 0) is 55.4 Å². The molecule has 0 bridgehead atoms. The van der Waals surface area contributed by atoms with Gasteiger partial charge < -0.3 is 19.5 Å². The molecule has 2 atom stereocenters. The first-order valence-electron chi connectivity index (χ1n) is 13.6. The maximum absolute atomic E-state index is 5.82. The van der Waals surface area contributed by atoms with Crippen LogP contribution in [-0.2, 0) is 9.47 Å². The fraction of sp³-hybridized carbons (Fsp3) is 0.613. The van der Waals surface area contributed by atoms with Crippen molar-refractivity contribution in [1.29, 1.82) is 0 Å². The summed E-state index contributed by atoms with van der Waals surface area (Å²) in [5, 5.41) is 3.32. The second kappa shape index (κ2) is 23.5. The van der Waals surface area contributed by atoms with Gasteiger partial charge in [0, 0.05) is 20.4 Å². The van der Waals surface area contributed by atoms with Crippen molar-refractivity contribution in [3.8, 4) is 5.75 Å². The quantitative estimate of drug-likeness (QED) is 0.264. The summed E-state index contributed by atoms with van der Waals surface area (Å²) in [5.41, 5.74) is 1.22. The fourth-order valence-corrected chi connectivity index (χ4v) is 3.59. The lowest BCUT2D eigenvalue weighted by Crippen LogP contribution is -2.17. The number of nitrogens with one attached hydrogen (secondary N) is 1. The summed E-state index contributed by atoms with van der Waals surface area (Å²) >= 11 is 0. The molecule has 1 aromatic carbocycles. The largest absolute Gasteiger partial charge is 0.495 e. The van der Waals surface area contributed by atoms with Crippen LogP contribution in [0.25, 0.3) is 0 Å². The minimum Gasteiger partial charge on any atom is -0.495 e. The van der Waals surface area contributed by atoms with E-state index in [0.717, 1.165) is 30.5 Å². The molecule has 3 rings (SSSR count). The minimum atomic E-state index is 0.196. The van der Waals surface area contributed by atoms with Crippen molar-refractivity contribution in [3.63, 3.8) is 0 Å². The Kier molecular flexibility index (Phi) is 22.1. The lowest BCUT2D eigenvalue weighted by atomic mass is 9.97. The van der Waals surface area contributed by atoms with Gasteiger partial charge >= 0.3 is 0 Å². The lowest BCUT2D eigenvalue weighted by Gasteiger charge is -2.18. The Bertz CT molecular complexity index is 679. The third-order valence-corrected chi connectivity index (χ3v) is 5.63. The molecule has 1 aliphatic heterocycles. The predicted octanol–water partition coefficient (Wildman–Crippen LogP) is 8.77. The highest BCUT2D eigenvalue weighted by molar-refractivity contribution is 5.33. The van der Waals surface area contributed by atoms with E-state index >= 15 is 0 Å². The van der Waals surface area contributed by atoms with Crippen LogP contribution < -0.4 is 10.1 Å². The number of dihydropyridines is 1. The van der Waals surface area contributed by atoms with E-state index < -0.39 is 0 Å². The van der Waals surface area contributed by atoms with Crippen molar-refractivity contribution in [2.45, 2.75) is 91.5 Å². The monoisotopic (exact) mass is 487 g/mol. The molecule has 0 saturated carbocycles. The van der Waals surface area contributed by atoms with Crippen molar-refractivity contribution in [2.24, 2.45) is 5.92 Å². The van der Waals surface area contributed by atoms with Gasteiger partial charge in [-0.3, -0.25) is 0 Å². The first kappa shape index (κ1) is 32.8. The Morgan fingerprint density at radius 2 is 1.57 bits per heavy atom. The molecule has 1 N–H and O–H groups in total. The summed E-state index contributed by atoms with van der Waals surface area (Å²) < 4.78 is 15.2. The minimum absolute atomic E-state index is 0.196. The maximum Gasteiger partial charge on any atom is 0.134 e. The molecular weight excluding hydrogens is 434 g/mol. The van der Waals surface area contributed by atoms with Crippen LogP contribution in [0.3, 0.4) is 0 Å². The molecule has 4 heteroatoms. The number of ether oxygens (including phenoxy) is 3. The highest BCUT2D eigenvalue weighted by Gasteiger charge is 2.10. The number of allylic oxidation sites excluding steroid dienone is 3. The number of hydrogen-bond acceptors (Lipinski definition) is 4. The molecule has 0 spiro atoms. The molecule has 1 heterocycles. The molecule has 1 aromatic rings. The third kappa shape index (κ3) is 17.0. The zero-order valence-electron chi connectivity index (χ0n) is 23.6. The summed E-state index contributed by atoms with van der Waals surface area (Å²) in [6, 6.07) is 8.53. The van der Waals surface area contributed by atoms with E-state index in [0.29, 0.717) is 0 Å². The predicted molar refractivity (Wildman–Crippen MR) is 152 cm³/mol. The molecule has 200 valence electrons. The van der Waals surface area contributed by atoms with Crippen LogP contribution in [0.4, 0.5) is 0 Å². The summed E-state index contributed by atoms with van der Waals surface area (Å²) in [6.45, 7) is 9.37. The van der Waals surface area contributed by atoms with Gasteiger partial charge in [-0.15, -0.1) is 0 Å². The molecule has 0 radical (unpaired) electrons. The number of methoxy groups -OCH3 is 2. The van der Waals surface area contributed by atoms with Crippen molar-refractivity contribution >= 4 is 0 Å². The van der Waals surface area contributed by atoms with Gasteiger partial charge in [0.25, 0.3) is 0 Å². The van der Waals surface area contributed by atoms with E-state index in [1.54, 1.807) is 21.3 Å². The molecular formula is C31H53NO3. The molecule has 35 heavy (non-hydrogen) atoms. The fourth-order valence-electron chi connectivity index (χ4n) is 3.59. The first-order chi connectivity index (χ1) is 17.1. The van der Waals surface area contributed by atoms with E-state index in [2.05, 4.69) is 66.4 Å². The average molecular weight is 488 g/mol. The first-order valence-corrected chi connectivity index (χ1v) is 13.6. The number of rotatable bonds is 10. The SMILES string of the molecule is CC.CC1CC=CCC1.CCCCCCCCOc1ccc(C2C=CC(OC)=CN2)cc1.COC. The number of benzene rings is 1. The molecule has 0 saturated heterocycles.